The number of hydrogen-bond donors (Lipinski definition) is 3. The van der Waals surface area contributed by atoms with Gasteiger partial charge < -0.3 is 15.7 Å². The summed E-state index contributed by atoms with van der Waals surface area (Å²) in [6.07, 6.45) is 0.663. The Morgan fingerprint density at radius 1 is 1.75 bits per heavy atom. The molecular formula is C7H13N3O2. The van der Waals surface area contributed by atoms with Crippen LogP contribution in [0.3, 0.4) is 0 Å². The van der Waals surface area contributed by atoms with E-state index in [1.807, 2.05) is 6.92 Å². The standard InChI is InChI=1S/C7H13N3O2/c1-2-6(5-11)10-7(12)9-4-3-8/h6,11H,2,4-5H2,1H3,(H2,9,10,12). The molecule has 1 atom stereocenters. The number of rotatable bonds is 4. The predicted molar refractivity (Wildman–Crippen MR) is 43.3 cm³/mol. The number of carbonyl (C=O) groups excluding carboxylic acids is 1. The van der Waals surface area contributed by atoms with E-state index in [2.05, 4.69) is 10.6 Å². The van der Waals surface area contributed by atoms with Crippen LogP contribution >= 0.6 is 0 Å². The summed E-state index contributed by atoms with van der Waals surface area (Å²) in [4.78, 5) is 10.8. The molecule has 0 saturated carbocycles. The van der Waals surface area contributed by atoms with Crippen LogP contribution in [0.15, 0.2) is 0 Å². The molecule has 5 heteroatoms. The lowest BCUT2D eigenvalue weighted by Crippen LogP contribution is -2.43. The second-order valence-electron chi connectivity index (χ2n) is 2.27. The van der Waals surface area contributed by atoms with Gasteiger partial charge in [-0.2, -0.15) is 5.26 Å². The lowest BCUT2D eigenvalue weighted by Gasteiger charge is -2.13. The van der Waals surface area contributed by atoms with E-state index in [1.165, 1.54) is 0 Å². The maximum absolute atomic E-state index is 10.8. The van der Waals surface area contributed by atoms with Gasteiger partial charge in [-0.25, -0.2) is 4.79 Å². The molecule has 0 aliphatic heterocycles. The van der Waals surface area contributed by atoms with Crippen LogP contribution in [0.2, 0.25) is 0 Å². The highest BCUT2D eigenvalue weighted by Gasteiger charge is 2.07. The molecular weight excluding hydrogens is 158 g/mol. The highest BCUT2D eigenvalue weighted by atomic mass is 16.3. The van der Waals surface area contributed by atoms with E-state index in [-0.39, 0.29) is 19.2 Å². The van der Waals surface area contributed by atoms with Gasteiger partial charge in [-0.15, -0.1) is 0 Å². The van der Waals surface area contributed by atoms with E-state index < -0.39 is 6.03 Å². The van der Waals surface area contributed by atoms with Gasteiger partial charge in [0.2, 0.25) is 0 Å². The minimum Gasteiger partial charge on any atom is -0.394 e. The molecule has 0 aromatic heterocycles. The molecule has 0 rings (SSSR count). The molecule has 5 nitrogen and oxygen atoms in total. The topological polar surface area (TPSA) is 85.2 Å². The number of carbonyl (C=O) groups is 1. The molecule has 0 aromatic carbocycles. The zero-order valence-corrected chi connectivity index (χ0v) is 7.00. The maximum atomic E-state index is 10.8. The van der Waals surface area contributed by atoms with Gasteiger partial charge in [-0.1, -0.05) is 6.92 Å². The Balaban J connectivity index is 3.60. The van der Waals surface area contributed by atoms with Crippen molar-refractivity contribution >= 4 is 6.03 Å². The number of urea groups is 1. The fourth-order valence-corrected chi connectivity index (χ4v) is 0.633. The first-order valence-electron chi connectivity index (χ1n) is 3.76. The van der Waals surface area contributed by atoms with Gasteiger partial charge in [0.05, 0.1) is 18.7 Å². The fourth-order valence-electron chi connectivity index (χ4n) is 0.633. The van der Waals surface area contributed by atoms with Crippen LogP contribution in [0.5, 0.6) is 0 Å². The van der Waals surface area contributed by atoms with E-state index in [1.54, 1.807) is 6.07 Å². The fraction of sp³-hybridized carbons (Fsp3) is 0.714. The van der Waals surface area contributed by atoms with Crippen molar-refractivity contribution in [3.63, 3.8) is 0 Å². The van der Waals surface area contributed by atoms with E-state index in [4.69, 9.17) is 10.4 Å². The third kappa shape index (κ3) is 4.52. The monoisotopic (exact) mass is 171 g/mol. The average molecular weight is 171 g/mol. The SMILES string of the molecule is CCC(CO)NC(=O)NCC#N. The summed E-state index contributed by atoms with van der Waals surface area (Å²) >= 11 is 0. The van der Waals surface area contributed by atoms with Crippen LogP contribution in [-0.4, -0.2) is 30.3 Å². The van der Waals surface area contributed by atoms with Crippen LogP contribution in [0.25, 0.3) is 0 Å². The lowest BCUT2D eigenvalue weighted by molar-refractivity contribution is 0.215. The number of nitrogens with one attached hydrogen (secondary N) is 2. The van der Waals surface area contributed by atoms with Crippen molar-refractivity contribution in [2.24, 2.45) is 0 Å². The van der Waals surface area contributed by atoms with Crippen LogP contribution in [-0.2, 0) is 0 Å². The normalized spacial score (nSPS) is 11.4. The van der Waals surface area contributed by atoms with E-state index >= 15 is 0 Å². The summed E-state index contributed by atoms with van der Waals surface area (Å²) in [5, 5.41) is 21.6. The number of nitriles is 1. The zero-order valence-electron chi connectivity index (χ0n) is 7.00. The molecule has 0 aliphatic carbocycles. The molecule has 3 N–H and O–H groups in total. The van der Waals surface area contributed by atoms with Crippen molar-refractivity contribution in [3.05, 3.63) is 0 Å². The number of hydrogen-bond acceptors (Lipinski definition) is 3. The van der Waals surface area contributed by atoms with Gasteiger partial charge in [0.1, 0.15) is 6.54 Å². The van der Waals surface area contributed by atoms with Crippen molar-refractivity contribution in [1.82, 2.24) is 10.6 Å². The van der Waals surface area contributed by atoms with Crippen molar-refractivity contribution in [1.29, 1.82) is 5.26 Å². The van der Waals surface area contributed by atoms with Gasteiger partial charge in [-0.05, 0) is 6.42 Å². The van der Waals surface area contributed by atoms with E-state index in [0.29, 0.717) is 6.42 Å². The summed E-state index contributed by atoms with van der Waals surface area (Å²) < 4.78 is 0. The Hall–Kier alpha value is -1.28. The Morgan fingerprint density at radius 3 is 2.83 bits per heavy atom. The minimum absolute atomic E-state index is 0.0201. The molecule has 0 radical (unpaired) electrons. The van der Waals surface area contributed by atoms with Crippen molar-refractivity contribution in [3.8, 4) is 6.07 Å². The van der Waals surface area contributed by atoms with Crippen molar-refractivity contribution < 1.29 is 9.90 Å². The smallest absolute Gasteiger partial charge is 0.315 e. The molecule has 12 heavy (non-hydrogen) atoms. The van der Waals surface area contributed by atoms with Crippen LogP contribution in [0.1, 0.15) is 13.3 Å². The van der Waals surface area contributed by atoms with Gasteiger partial charge in [-0.3, -0.25) is 0 Å². The Morgan fingerprint density at radius 2 is 2.42 bits per heavy atom. The quantitative estimate of drug-likeness (QED) is 0.502. The number of nitrogens with zero attached hydrogens (tertiary/aromatic N) is 1. The summed E-state index contributed by atoms with van der Waals surface area (Å²) in [6, 6.07) is 1.12. The average Bonchev–Trinajstić information content (AvgIpc) is 2.10. The molecule has 1 unspecified atom stereocenters. The number of aliphatic hydroxyl groups is 1. The Labute approximate surface area is 71.4 Å². The summed E-state index contributed by atoms with van der Waals surface area (Å²) in [7, 11) is 0. The molecule has 0 heterocycles. The highest BCUT2D eigenvalue weighted by Crippen LogP contribution is 1.87. The summed E-state index contributed by atoms with van der Waals surface area (Å²) in [5.41, 5.74) is 0. The van der Waals surface area contributed by atoms with E-state index in [9.17, 15) is 4.79 Å². The van der Waals surface area contributed by atoms with Crippen LogP contribution in [0, 0.1) is 11.3 Å². The second kappa shape index (κ2) is 6.43. The third-order valence-corrected chi connectivity index (χ3v) is 1.38. The Kier molecular flexibility index (Phi) is 5.75. The second-order valence-corrected chi connectivity index (χ2v) is 2.27. The molecule has 0 bridgehead atoms. The van der Waals surface area contributed by atoms with Crippen LogP contribution < -0.4 is 10.6 Å². The lowest BCUT2D eigenvalue weighted by atomic mass is 10.2. The van der Waals surface area contributed by atoms with Crippen molar-refractivity contribution in [2.45, 2.75) is 19.4 Å². The molecule has 0 aromatic rings. The third-order valence-electron chi connectivity index (χ3n) is 1.38. The summed E-state index contributed by atoms with van der Waals surface area (Å²) in [5.74, 6) is 0. The van der Waals surface area contributed by atoms with Gasteiger partial charge in [0, 0.05) is 0 Å². The first kappa shape index (κ1) is 10.7. The van der Waals surface area contributed by atoms with Gasteiger partial charge >= 0.3 is 6.03 Å². The first-order chi connectivity index (χ1) is 5.74. The van der Waals surface area contributed by atoms with Crippen LogP contribution in [0.4, 0.5) is 4.79 Å². The van der Waals surface area contributed by atoms with Gasteiger partial charge in [0.15, 0.2) is 0 Å². The molecule has 0 spiro atoms. The minimum atomic E-state index is -0.419. The van der Waals surface area contributed by atoms with Gasteiger partial charge in [0.25, 0.3) is 0 Å². The number of amides is 2. The predicted octanol–water partition coefficient (Wildman–Crippen LogP) is -0.420. The maximum Gasteiger partial charge on any atom is 0.315 e. The molecule has 0 fully saturated rings. The molecule has 0 aliphatic rings. The highest BCUT2D eigenvalue weighted by molar-refractivity contribution is 5.74. The largest absolute Gasteiger partial charge is 0.394 e. The first-order valence-corrected chi connectivity index (χ1v) is 3.76. The van der Waals surface area contributed by atoms with E-state index in [0.717, 1.165) is 0 Å². The number of aliphatic hydroxyl groups excluding tert-OH is 1. The molecule has 0 saturated heterocycles. The molecule has 2 amide bonds. The zero-order chi connectivity index (χ0) is 9.40. The Bertz CT molecular complexity index is 172. The summed E-state index contributed by atoms with van der Waals surface area (Å²) in [6.45, 7) is 1.75. The van der Waals surface area contributed by atoms with Crippen molar-refractivity contribution in [2.75, 3.05) is 13.2 Å². The molecule has 68 valence electrons.